The third kappa shape index (κ3) is 4.18. The van der Waals surface area contributed by atoms with Crippen molar-refractivity contribution in [3.05, 3.63) is 65.3 Å². The molecule has 1 atom stereocenters. The van der Waals surface area contributed by atoms with Crippen molar-refractivity contribution in [3.8, 4) is 11.1 Å². The Kier molecular flexibility index (Phi) is 6.26. The Balaban J connectivity index is 1.51. The van der Waals surface area contributed by atoms with Crippen LogP contribution in [0.3, 0.4) is 0 Å². The topological polar surface area (TPSA) is 67.4 Å². The molecule has 0 aliphatic carbocycles. The average Bonchev–Trinajstić information content (AvgIpc) is 3.45. The van der Waals surface area contributed by atoms with Crippen LogP contribution in [0.25, 0.3) is 22.2 Å². The highest BCUT2D eigenvalue weighted by atomic mass is 19.2. The molecule has 2 aromatic heterocycles. The molecule has 0 radical (unpaired) electrons. The number of rotatable bonds is 4. The smallest absolute Gasteiger partial charge is 0.227 e. The number of imidazole rings is 1. The van der Waals surface area contributed by atoms with Crippen molar-refractivity contribution >= 4 is 22.6 Å². The lowest BCUT2D eigenvalue weighted by Crippen LogP contribution is -2.40. The van der Waals surface area contributed by atoms with Gasteiger partial charge in [-0.15, -0.1) is 0 Å². The van der Waals surface area contributed by atoms with Gasteiger partial charge in [-0.2, -0.15) is 0 Å². The van der Waals surface area contributed by atoms with Crippen LogP contribution in [0.1, 0.15) is 61.5 Å². The predicted molar refractivity (Wildman–Crippen MR) is 141 cm³/mol. The molecule has 0 bridgehead atoms. The van der Waals surface area contributed by atoms with Crippen LogP contribution in [0, 0.1) is 25.5 Å². The Labute approximate surface area is 220 Å². The third-order valence-electron chi connectivity index (χ3n) is 8.02. The minimum Gasteiger partial charge on any atom is -0.361 e. The van der Waals surface area contributed by atoms with Gasteiger partial charge in [0.05, 0.1) is 22.8 Å². The van der Waals surface area contributed by atoms with Crippen LogP contribution in [-0.2, 0) is 4.79 Å². The first-order chi connectivity index (χ1) is 18.3. The van der Waals surface area contributed by atoms with E-state index in [0.717, 1.165) is 77.5 Å². The second-order valence-corrected chi connectivity index (χ2v) is 10.5. The number of carbonyl (C=O) groups is 1. The van der Waals surface area contributed by atoms with Gasteiger partial charge in [-0.25, -0.2) is 13.8 Å². The summed E-state index contributed by atoms with van der Waals surface area (Å²) in [7, 11) is 2.13. The SMILES string of the molecule is Cc1noc(C)c1-c1ccc2c(c1)nc([C@@H]1CCCC(=O)N1c1ccc(F)c(F)c1)n2C1CCN(C)CC1. The Morgan fingerprint density at radius 2 is 1.79 bits per heavy atom. The third-order valence-corrected chi connectivity index (χ3v) is 8.02. The van der Waals surface area contributed by atoms with E-state index in [-0.39, 0.29) is 18.0 Å². The number of benzene rings is 2. The number of aromatic nitrogens is 3. The van der Waals surface area contributed by atoms with Gasteiger partial charge in [0.15, 0.2) is 11.6 Å². The number of carbonyl (C=O) groups excluding carboxylic acids is 1. The van der Waals surface area contributed by atoms with E-state index in [1.807, 2.05) is 13.8 Å². The van der Waals surface area contributed by atoms with Gasteiger partial charge in [0.1, 0.15) is 11.6 Å². The lowest BCUT2D eigenvalue weighted by molar-refractivity contribution is -0.120. The molecule has 2 aromatic carbocycles. The maximum Gasteiger partial charge on any atom is 0.227 e. The normalized spacial score (nSPS) is 19.6. The molecule has 0 spiro atoms. The highest BCUT2D eigenvalue weighted by Gasteiger charge is 2.36. The second kappa shape index (κ2) is 9.62. The van der Waals surface area contributed by atoms with E-state index in [0.29, 0.717) is 24.9 Å². The molecule has 2 aliphatic rings. The number of hydrogen-bond acceptors (Lipinski definition) is 5. The molecule has 1 amide bonds. The largest absolute Gasteiger partial charge is 0.361 e. The summed E-state index contributed by atoms with van der Waals surface area (Å²) < 4.78 is 35.7. The molecule has 0 N–H and O–H groups in total. The number of fused-ring (bicyclic) bond motifs is 1. The molecule has 9 heteroatoms. The molecular formula is C29H31F2N5O2. The minimum absolute atomic E-state index is 0.106. The van der Waals surface area contributed by atoms with Crippen molar-refractivity contribution in [1.82, 2.24) is 19.6 Å². The molecule has 4 heterocycles. The highest BCUT2D eigenvalue weighted by Crippen LogP contribution is 2.40. The number of hydrogen-bond donors (Lipinski definition) is 0. The summed E-state index contributed by atoms with van der Waals surface area (Å²) in [5.74, 6) is -0.458. The van der Waals surface area contributed by atoms with E-state index in [1.54, 1.807) is 4.90 Å². The molecular weight excluding hydrogens is 488 g/mol. The van der Waals surface area contributed by atoms with Crippen molar-refractivity contribution in [3.63, 3.8) is 0 Å². The van der Waals surface area contributed by atoms with E-state index < -0.39 is 11.6 Å². The first-order valence-electron chi connectivity index (χ1n) is 13.2. The van der Waals surface area contributed by atoms with Crippen LogP contribution >= 0.6 is 0 Å². The van der Waals surface area contributed by atoms with Crippen molar-refractivity contribution in [2.45, 2.75) is 58.0 Å². The van der Waals surface area contributed by atoms with Crippen LogP contribution in [0.4, 0.5) is 14.5 Å². The molecule has 0 saturated carbocycles. The molecule has 198 valence electrons. The van der Waals surface area contributed by atoms with Crippen LogP contribution < -0.4 is 4.90 Å². The van der Waals surface area contributed by atoms with E-state index in [4.69, 9.17) is 9.51 Å². The van der Waals surface area contributed by atoms with Crippen LogP contribution in [0.15, 0.2) is 40.9 Å². The lowest BCUT2D eigenvalue weighted by atomic mass is 9.98. The summed E-state index contributed by atoms with van der Waals surface area (Å²) in [5, 5.41) is 4.11. The zero-order valence-corrected chi connectivity index (χ0v) is 21.9. The average molecular weight is 520 g/mol. The number of anilines is 1. The van der Waals surface area contributed by atoms with Crippen LogP contribution in [-0.4, -0.2) is 45.7 Å². The maximum atomic E-state index is 14.3. The van der Waals surface area contributed by atoms with Gasteiger partial charge < -0.3 is 18.9 Å². The van der Waals surface area contributed by atoms with Crippen molar-refractivity contribution < 1.29 is 18.1 Å². The summed E-state index contributed by atoms with van der Waals surface area (Å²) in [6.45, 7) is 5.76. The summed E-state index contributed by atoms with van der Waals surface area (Å²) in [5.41, 5.74) is 4.95. The van der Waals surface area contributed by atoms with Gasteiger partial charge in [-0.1, -0.05) is 11.2 Å². The fourth-order valence-electron chi connectivity index (χ4n) is 6.11. The Bertz CT molecular complexity index is 1500. The highest BCUT2D eigenvalue weighted by molar-refractivity contribution is 5.95. The van der Waals surface area contributed by atoms with E-state index in [1.165, 1.54) is 6.07 Å². The maximum absolute atomic E-state index is 14.3. The Morgan fingerprint density at radius 1 is 1.00 bits per heavy atom. The minimum atomic E-state index is -0.965. The summed E-state index contributed by atoms with van der Waals surface area (Å²) in [6.07, 6.45) is 3.70. The molecule has 4 aromatic rings. The molecule has 6 rings (SSSR count). The van der Waals surface area contributed by atoms with E-state index in [2.05, 4.69) is 39.9 Å². The van der Waals surface area contributed by atoms with E-state index >= 15 is 0 Å². The predicted octanol–water partition coefficient (Wildman–Crippen LogP) is 6.11. The number of nitrogens with zero attached hydrogens (tertiary/aromatic N) is 5. The zero-order chi connectivity index (χ0) is 26.6. The summed E-state index contributed by atoms with van der Waals surface area (Å²) in [4.78, 5) is 22.3. The second-order valence-electron chi connectivity index (χ2n) is 10.5. The van der Waals surface area contributed by atoms with Crippen molar-refractivity contribution in [1.29, 1.82) is 0 Å². The summed E-state index contributed by atoms with van der Waals surface area (Å²) in [6, 6.07) is 9.75. The Hall–Kier alpha value is -3.59. The van der Waals surface area contributed by atoms with Gasteiger partial charge in [0, 0.05) is 29.8 Å². The van der Waals surface area contributed by atoms with Crippen molar-refractivity contribution in [2.24, 2.45) is 0 Å². The number of likely N-dealkylation sites (tertiary alicyclic amines) is 1. The fraction of sp³-hybridized carbons (Fsp3) is 0.414. The van der Waals surface area contributed by atoms with Gasteiger partial charge >= 0.3 is 0 Å². The van der Waals surface area contributed by atoms with Crippen LogP contribution in [0.5, 0.6) is 0 Å². The molecule has 0 unspecified atom stereocenters. The van der Waals surface area contributed by atoms with Gasteiger partial charge in [0.25, 0.3) is 0 Å². The Morgan fingerprint density at radius 3 is 2.50 bits per heavy atom. The standard InChI is InChI=1S/C29H31F2N5O2/c1-17-28(18(2)38-33-17)19-7-10-25-24(15-19)32-29(36(25)20-11-13-34(3)14-12-20)26-5-4-6-27(37)35(26)21-8-9-22(30)23(31)16-21/h7-10,15-16,20,26H,4-6,11-14H2,1-3H3/t26-/m0/s1. The molecule has 7 nitrogen and oxygen atoms in total. The summed E-state index contributed by atoms with van der Waals surface area (Å²) >= 11 is 0. The molecule has 38 heavy (non-hydrogen) atoms. The first kappa shape index (κ1) is 24.7. The number of piperidine rings is 2. The zero-order valence-electron chi connectivity index (χ0n) is 21.9. The molecule has 2 saturated heterocycles. The first-order valence-corrected chi connectivity index (χ1v) is 13.2. The van der Waals surface area contributed by atoms with Gasteiger partial charge in [0.2, 0.25) is 5.91 Å². The lowest BCUT2D eigenvalue weighted by Gasteiger charge is -2.37. The monoisotopic (exact) mass is 519 g/mol. The number of halogens is 2. The number of amides is 1. The fourth-order valence-corrected chi connectivity index (χ4v) is 6.11. The number of aryl methyl sites for hydroxylation is 2. The molecule has 2 aliphatic heterocycles. The van der Waals surface area contributed by atoms with Gasteiger partial charge in [-0.3, -0.25) is 4.79 Å². The van der Waals surface area contributed by atoms with Crippen LogP contribution in [0.2, 0.25) is 0 Å². The van der Waals surface area contributed by atoms with E-state index in [9.17, 15) is 13.6 Å². The molecule has 2 fully saturated rings. The quantitative estimate of drug-likeness (QED) is 0.325. The van der Waals surface area contributed by atoms with Crippen molar-refractivity contribution in [2.75, 3.05) is 25.0 Å². The van der Waals surface area contributed by atoms with Gasteiger partial charge in [-0.05, 0) is 89.5 Å².